The Morgan fingerprint density at radius 1 is 1.25 bits per heavy atom. The molecule has 4 rings (SSSR count). The van der Waals surface area contributed by atoms with Crippen LogP contribution in [0.15, 0.2) is 36.4 Å². The van der Waals surface area contributed by atoms with Gasteiger partial charge < -0.3 is 26.0 Å². The molecule has 0 aromatic heterocycles. The van der Waals surface area contributed by atoms with Gasteiger partial charge in [0, 0.05) is 22.5 Å². The van der Waals surface area contributed by atoms with Gasteiger partial charge in [0.15, 0.2) is 5.79 Å². The normalized spacial score (nSPS) is 27.6. The maximum Gasteiger partial charge on any atom is 0.321 e. The van der Waals surface area contributed by atoms with Gasteiger partial charge in [-0.05, 0) is 62.4 Å². The highest BCUT2D eigenvalue weighted by molar-refractivity contribution is 6.31. The van der Waals surface area contributed by atoms with Gasteiger partial charge in [0.05, 0.1) is 17.7 Å². The molecule has 2 aliphatic heterocycles. The lowest BCUT2D eigenvalue weighted by Gasteiger charge is -2.43. The molecule has 0 saturated carbocycles. The summed E-state index contributed by atoms with van der Waals surface area (Å²) in [6.07, 6.45) is -0.616. The summed E-state index contributed by atoms with van der Waals surface area (Å²) >= 11 is 12.3. The highest BCUT2D eigenvalue weighted by Gasteiger charge is 2.68. The minimum Gasteiger partial charge on any atom is -0.480 e. The lowest BCUT2D eigenvalue weighted by molar-refractivity contribution is -0.159. The summed E-state index contributed by atoms with van der Waals surface area (Å²) in [6, 6.07) is 5.40. The van der Waals surface area contributed by atoms with E-state index in [0.717, 1.165) is 6.07 Å². The van der Waals surface area contributed by atoms with Crippen LogP contribution < -0.4 is 11.5 Å². The molecule has 13 heteroatoms. The number of carboxylic acids is 1. The highest BCUT2D eigenvalue weighted by atomic mass is 35.5. The number of hydrogen-bond donors (Lipinski definition) is 3. The molecular weight excluding hydrogens is 617 g/mol. The van der Waals surface area contributed by atoms with E-state index in [9.17, 15) is 20.0 Å². The lowest BCUT2D eigenvalue weighted by atomic mass is 9.62. The second-order valence-electron chi connectivity index (χ2n) is 12.6. The average molecular weight is 654 g/mol. The van der Waals surface area contributed by atoms with Gasteiger partial charge in [0.25, 0.3) is 0 Å². The Balaban J connectivity index is 2.15. The predicted octanol–water partition coefficient (Wildman–Crippen LogP) is 4.72. The van der Waals surface area contributed by atoms with Crippen LogP contribution in [-0.2, 0) is 24.5 Å². The number of carbonyl (C=O) groups excluding carboxylic acids is 1. The van der Waals surface area contributed by atoms with Crippen LogP contribution in [0.4, 0.5) is 8.78 Å². The summed E-state index contributed by atoms with van der Waals surface area (Å²) in [7, 11) is 0. The number of nitrogens with two attached hydrogens (primary N) is 2. The summed E-state index contributed by atoms with van der Waals surface area (Å²) in [4.78, 5) is 28.1. The van der Waals surface area contributed by atoms with Crippen LogP contribution in [0.5, 0.6) is 0 Å². The van der Waals surface area contributed by atoms with Crippen LogP contribution >= 0.6 is 23.2 Å². The third kappa shape index (κ3) is 6.04. The van der Waals surface area contributed by atoms with Crippen molar-refractivity contribution in [3.05, 3.63) is 69.2 Å². The van der Waals surface area contributed by atoms with Crippen molar-refractivity contribution >= 4 is 35.1 Å². The smallest absolute Gasteiger partial charge is 0.321 e. The third-order valence-electron chi connectivity index (χ3n) is 8.71. The van der Waals surface area contributed by atoms with Crippen LogP contribution in [0.3, 0.4) is 0 Å². The fourth-order valence-corrected chi connectivity index (χ4v) is 7.26. The summed E-state index contributed by atoms with van der Waals surface area (Å²) < 4.78 is 43.8. The number of amides is 1. The first-order valence-electron chi connectivity index (χ1n) is 14.1. The first-order chi connectivity index (χ1) is 20.5. The van der Waals surface area contributed by atoms with Crippen molar-refractivity contribution < 1.29 is 33.0 Å². The molecule has 0 spiro atoms. The van der Waals surface area contributed by atoms with Crippen LogP contribution in [-0.4, -0.2) is 65.1 Å². The molecule has 6 atom stereocenters. The van der Waals surface area contributed by atoms with E-state index in [1.54, 1.807) is 13.8 Å². The molecule has 1 unspecified atom stereocenters. The number of halogens is 4. The number of nitriles is 1. The van der Waals surface area contributed by atoms with E-state index in [-0.39, 0.29) is 40.7 Å². The molecule has 2 aromatic rings. The van der Waals surface area contributed by atoms with E-state index in [2.05, 4.69) is 6.07 Å². The van der Waals surface area contributed by atoms with Crippen LogP contribution in [0.2, 0.25) is 10.0 Å². The molecule has 238 valence electrons. The molecule has 44 heavy (non-hydrogen) atoms. The van der Waals surface area contributed by atoms with Gasteiger partial charge in [-0.3, -0.25) is 14.5 Å². The van der Waals surface area contributed by atoms with Gasteiger partial charge >= 0.3 is 5.97 Å². The number of likely N-dealkylation sites (tertiary alicyclic amines) is 1. The number of aliphatic carboxylic acids is 1. The topological polar surface area (TPSA) is 152 Å². The Kier molecular flexibility index (Phi) is 9.67. The Morgan fingerprint density at radius 2 is 1.93 bits per heavy atom. The molecule has 2 fully saturated rings. The van der Waals surface area contributed by atoms with Crippen molar-refractivity contribution in [2.75, 3.05) is 13.2 Å². The summed E-state index contributed by atoms with van der Waals surface area (Å²) in [6.45, 7) is 7.08. The first-order valence-corrected chi connectivity index (χ1v) is 14.9. The van der Waals surface area contributed by atoms with Crippen molar-refractivity contribution in [3.63, 3.8) is 0 Å². The molecule has 2 aromatic carbocycles. The highest BCUT2D eigenvalue weighted by Crippen LogP contribution is 2.58. The van der Waals surface area contributed by atoms with Crippen molar-refractivity contribution in [3.8, 4) is 6.07 Å². The van der Waals surface area contributed by atoms with Crippen molar-refractivity contribution in [2.24, 2.45) is 16.9 Å². The number of rotatable bonds is 10. The van der Waals surface area contributed by atoms with Gasteiger partial charge in [-0.2, -0.15) is 5.26 Å². The summed E-state index contributed by atoms with van der Waals surface area (Å²) in [5.41, 5.74) is 8.66. The molecule has 0 radical (unpaired) electrons. The SMILES string of the molecule is CC(C)(CCN)C[C@@H]1N(C(C(N)=O)[C@H]2COC(C)(C)O2)[C@@H](C(=O)O)[C@H](c2cccc(Cl)c2F)[C@@]1(C#N)c1ccc(Cl)cc1F. The number of hydrogen-bond acceptors (Lipinski definition) is 7. The largest absolute Gasteiger partial charge is 0.480 e. The van der Waals surface area contributed by atoms with Crippen molar-refractivity contribution in [2.45, 2.75) is 81.9 Å². The van der Waals surface area contributed by atoms with Crippen LogP contribution in [0, 0.1) is 28.4 Å². The minimum absolute atomic E-state index is 0.0308. The number of carbonyl (C=O) groups is 2. The zero-order valence-corrected chi connectivity index (χ0v) is 26.3. The zero-order chi connectivity index (χ0) is 32.8. The minimum atomic E-state index is -2.11. The Hall–Kier alpha value is -2.85. The number of benzene rings is 2. The molecule has 5 N–H and O–H groups in total. The molecule has 2 aliphatic rings. The number of nitrogens with zero attached hydrogens (tertiary/aromatic N) is 2. The van der Waals surface area contributed by atoms with Crippen molar-refractivity contribution in [1.29, 1.82) is 5.26 Å². The van der Waals surface area contributed by atoms with E-state index in [1.807, 2.05) is 13.8 Å². The molecule has 0 bridgehead atoms. The van der Waals surface area contributed by atoms with E-state index < -0.39 is 70.3 Å². The lowest BCUT2D eigenvalue weighted by Crippen LogP contribution is -2.60. The van der Waals surface area contributed by atoms with Gasteiger partial charge in [-0.25, -0.2) is 8.78 Å². The van der Waals surface area contributed by atoms with Gasteiger partial charge in [-0.1, -0.05) is 55.2 Å². The molecular formula is C31H36Cl2F2N4O5. The van der Waals surface area contributed by atoms with E-state index in [0.29, 0.717) is 6.42 Å². The van der Waals surface area contributed by atoms with Crippen molar-refractivity contribution in [1.82, 2.24) is 4.90 Å². The second-order valence-corrected chi connectivity index (χ2v) is 13.4. The van der Waals surface area contributed by atoms with E-state index >= 15 is 8.78 Å². The number of carboxylic acid groups (broad SMARTS) is 1. The Labute approximate surface area is 265 Å². The Morgan fingerprint density at radius 3 is 2.45 bits per heavy atom. The third-order valence-corrected chi connectivity index (χ3v) is 9.23. The maximum absolute atomic E-state index is 16.1. The molecule has 1 amide bonds. The fourth-order valence-electron chi connectivity index (χ4n) is 6.92. The van der Waals surface area contributed by atoms with Gasteiger partial charge in [0.1, 0.15) is 35.2 Å². The van der Waals surface area contributed by atoms with Crippen LogP contribution in [0.1, 0.15) is 57.6 Å². The first kappa shape index (κ1) is 34.0. The molecule has 2 heterocycles. The number of ether oxygens (including phenoxy) is 2. The monoisotopic (exact) mass is 652 g/mol. The average Bonchev–Trinajstić information content (AvgIpc) is 3.40. The zero-order valence-electron chi connectivity index (χ0n) is 24.8. The van der Waals surface area contributed by atoms with Crippen LogP contribution in [0.25, 0.3) is 0 Å². The summed E-state index contributed by atoms with van der Waals surface area (Å²) in [5, 5.41) is 21.8. The number of primary amides is 1. The summed E-state index contributed by atoms with van der Waals surface area (Å²) in [5.74, 6) is -7.06. The predicted molar refractivity (Wildman–Crippen MR) is 160 cm³/mol. The van der Waals surface area contributed by atoms with Gasteiger partial charge in [0.2, 0.25) is 5.91 Å². The van der Waals surface area contributed by atoms with Gasteiger partial charge in [-0.15, -0.1) is 0 Å². The standard InChI is InChI=1S/C31H36Cl2F2N4O5/c1-29(2,10-11-36)13-22-31(15-37,18-9-8-16(32)12-20(18)34)23(17-6-5-7-19(33)24(17)35)26(28(41)42)39(22)25(27(38)40)21-14-43-30(3,4)44-21/h5-9,12,21-23,25-26H,10-11,13-14,36H2,1-4H3,(H2,38,40)(H,41,42)/t21-,22+,23+,25?,26-,31+/m1/s1. The van der Waals surface area contributed by atoms with E-state index in [1.165, 1.54) is 35.2 Å². The second kappa shape index (κ2) is 12.5. The Bertz CT molecular complexity index is 1490. The fraction of sp³-hybridized carbons (Fsp3) is 0.516. The quantitative estimate of drug-likeness (QED) is 0.333. The molecule has 9 nitrogen and oxygen atoms in total. The maximum atomic E-state index is 16.1. The van der Waals surface area contributed by atoms with E-state index in [4.69, 9.17) is 44.1 Å². The molecule has 0 aliphatic carbocycles. The molecule has 2 saturated heterocycles.